The van der Waals surface area contributed by atoms with Gasteiger partial charge in [0.1, 0.15) is 6.20 Å². The van der Waals surface area contributed by atoms with Crippen molar-refractivity contribution in [1.29, 1.82) is 0 Å². The molecule has 6 nitrogen and oxygen atoms in total. The van der Waals surface area contributed by atoms with Gasteiger partial charge in [-0.15, -0.1) is 0 Å². The van der Waals surface area contributed by atoms with E-state index in [0.717, 1.165) is 31.2 Å². The van der Waals surface area contributed by atoms with Gasteiger partial charge in [0.2, 0.25) is 0 Å². The Morgan fingerprint density at radius 1 is 1.26 bits per heavy atom. The normalized spacial score (nSPS) is 33.9. The molecule has 0 aliphatic carbocycles. The molecule has 0 radical (unpaired) electrons. The third-order valence-corrected chi connectivity index (χ3v) is 4.15. The molecule has 6 heteroatoms. The molecule has 0 saturated carbocycles. The molecule has 1 aromatic rings. The van der Waals surface area contributed by atoms with E-state index in [1.807, 2.05) is 6.07 Å². The number of piperidine rings is 2. The Bertz CT molecular complexity index is 459. The molecule has 4 atom stereocenters. The number of nitrogens with zero attached hydrogens (tertiary/aromatic N) is 2. The zero-order valence-electron chi connectivity index (χ0n) is 10.5. The number of hydrogen-bond donors (Lipinski definition) is 2. The van der Waals surface area contributed by atoms with Gasteiger partial charge < -0.3 is 20.5 Å². The summed E-state index contributed by atoms with van der Waals surface area (Å²) in [5.74, 6) is 0.283. The van der Waals surface area contributed by atoms with Crippen LogP contribution in [0.3, 0.4) is 0 Å². The van der Waals surface area contributed by atoms with E-state index in [9.17, 15) is 15.2 Å². The van der Waals surface area contributed by atoms with Crippen molar-refractivity contribution in [2.45, 2.75) is 49.8 Å². The molecule has 102 valence electrons. The minimum atomic E-state index is -0.475. The quantitative estimate of drug-likeness (QED) is 0.621. The van der Waals surface area contributed by atoms with Crippen LogP contribution in [0.1, 0.15) is 37.2 Å². The van der Waals surface area contributed by atoms with Crippen LogP contribution in [0.2, 0.25) is 0 Å². The summed E-state index contributed by atoms with van der Waals surface area (Å²) in [4.78, 5) is 14.0. The Kier molecular flexibility index (Phi) is 3.20. The molecule has 2 saturated heterocycles. The van der Waals surface area contributed by atoms with Crippen molar-refractivity contribution in [3.8, 4) is 0 Å². The highest BCUT2D eigenvalue weighted by Crippen LogP contribution is 2.36. The highest BCUT2D eigenvalue weighted by molar-refractivity contribution is 5.26. The zero-order chi connectivity index (χ0) is 13.4. The Labute approximate surface area is 111 Å². The van der Waals surface area contributed by atoms with Crippen LogP contribution in [0.5, 0.6) is 0 Å². The van der Waals surface area contributed by atoms with Crippen LogP contribution in [0.25, 0.3) is 0 Å². The van der Waals surface area contributed by atoms with E-state index in [4.69, 9.17) is 0 Å². The third-order valence-electron chi connectivity index (χ3n) is 4.15. The predicted molar refractivity (Wildman–Crippen MR) is 68.8 cm³/mol. The molecule has 3 rings (SSSR count). The molecule has 0 spiro atoms. The van der Waals surface area contributed by atoms with Gasteiger partial charge in [-0.3, -0.25) is 0 Å². The van der Waals surface area contributed by atoms with Crippen LogP contribution in [0.15, 0.2) is 18.3 Å². The van der Waals surface area contributed by atoms with E-state index in [2.05, 4.69) is 10.3 Å². The first kappa shape index (κ1) is 12.5. The first-order chi connectivity index (χ1) is 9.11. The van der Waals surface area contributed by atoms with Crippen LogP contribution in [-0.2, 0) is 0 Å². The van der Waals surface area contributed by atoms with E-state index in [0.29, 0.717) is 18.0 Å². The number of aliphatic hydroxyl groups excluding tert-OH is 1. The molecule has 0 aromatic carbocycles. The maximum absolute atomic E-state index is 10.6. The smallest absolute Gasteiger partial charge is 0.363 e. The summed E-state index contributed by atoms with van der Waals surface area (Å²) in [7, 11) is 0. The fourth-order valence-corrected chi connectivity index (χ4v) is 3.35. The minimum Gasteiger partial charge on any atom is -0.393 e. The average molecular weight is 263 g/mol. The number of hydrogen-bond acceptors (Lipinski definition) is 5. The number of fused-ring (bicyclic) bond motifs is 2. The second kappa shape index (κ2) is 4.86. The summed E-state index contributed by atoms with van der Waals surface area (Å²) in [6.45, 7) is 0. The van der Waals surface area contributed by atoms with Gasteiger partial charge >= 0.3 is 5.82 Å². The van der Waals surface area contributed by atoms with Crippen molar-refractivity contribution in [3.63, 3.8) is 0 Å². The number of aromatic nitrogens is 1. The number of pyridine rings is 1. The fourth-order valence-electron chi connectivity index (χ4n) is 3.35. The van der Waals surface area contributed by atoms with Crippen molar-refractivity contribution < 1.29 is 10.0 Å². The maximum Gasteiger partial charge on any atom is 0.363 e. The van der Waals surface area contributed by atoms with Crippen LogP contribution in [0.4, 0.5) is 5.82 Å². The van der Waals surface area contributed by atoms with Gasteiger partial charge in [-0.1, -0.05) is 0 Å². The topological polar surface area (TPSA) is 88.3 Å². The molecule has 2 bridgehead atoms. The Balaban J connectivity index is 1.74. The second-order valence-electron chi connectivity index (χ2n) is 5.56. The van der Waals surface area contributed by atoms with Crippen molar-refractivity contribution in [2.24, 2.45) is 0 Å². The Morgan fingerprint density at radius 2 is 1.95 bits per heavy atom. The summed E-state index contributed by atoms with van der Waals surface area (Å²) in [5, 5.41) is 23.9. The van der Waals surface area contributed by atoms with Gasteiger partial charge in [-0.05, 0) is 53.1 Å². The molecule has 0 amide bonds. The van der Waals surface area contributed by atoms with Crippen molar-refractivity contribution in [1.82, 2.24) is 10.3 Å². The van der Waals surface area contributed by atoms with Gasteiger partial charge in [0.25, 0.3) is 0 Å². The molecule has 2 N–H and O–H groups in total. The highest BCUT2D eigenvalue weighted by atomic mass is 16.6. The minimum absolute atomic E-state index is 0.103. The lowest BCUT2D eigenvalue weighted by molar-refractivity contribution is -0.389. The van der Waals surface area contributed by atoms with Crippen LogP contribution in [-0.4, -0.2) is 33.2 Å². The Morgan fingerprint density at radius 3 is 2.47 bits per heavy atom. The number of rotatable bonds is 2. The zero-order valence-corrected chi connectivity index (χ0v) is 10.5. The summed E-state index contributed by atoms with van der Waals surface area (Å²) >= 11 is 0. The third kappa shape index (κ3) is 2.59. The molecule has 2 aliphatic heterocycles. The lowest BCUT2D eigenvalue weighted by Gasteiger charge is -2.42. The fraction of sp³-hybridized carbons (Fsp3) is 0.615. The average Bonchev–Trinajstić information content (AvgIpc) is 2.37. The predicted octanol–water partition coefficient (Wildman–Crippen LogP) is 1.35. The van der Waals surface area contributed by atoms with E-state index in [1.54, 1.807) is 6.20 Å². The molecule has 2 unspecified atom stereocenters. The van der Waals surface area contributed by atoms with Crippen LogP contribution >= 0.6 is 0 Å². The van der Waals surface area contributed by atoms with Gasteiger partial charge in [-0.25, -0.2) is 0 Å². The molecule has 19 heavy (non-hydrogen) atoms. The van der Waals surface area contributed by atoms with Gasteiger partial charge in [0.05, 0.1) is 6.10 Å². The maximum atomic E-state index is 10.6. The van der Waals surface area contributed by atoms with E-state index in [1.165, 1.54) is 6.07 Å². The number of nitro groups is 1. The first-order valence-electron chi connectivity index (χ1n) is 6.66. The summed E-state index contributed by atoms with van der Waals surface area (Å²) in [6, 6.07) is 3.99. The monoisotopic (exact) mass is 263 g/mol. The molecular weight excluding hydrogens is 246 g/mol. The standard InChI is InChI=1S/C13H17N3O3/c17-12-5-10-3-9(4-11(6-12)15-10)8-1-2-13(14-7-8)16(18)19/h1-2,7,9-12,15,17H,3-6H2/t9?,10-,11+,12?. The lowest BCUT2D eigenvalue weighted by Crippen LogP contribution is -2.52. The van der Waals surface area contributed by atoms with Crippen molar-refractivity contribution in [3.05, 3.63) is 34.0 Å². The summed E-state index contributed by atoms with van der Waals surface area (Å²) < 4.78 is 0. The number of aliphatic hydroxyl groups is 1. The van der Waals surface area contributed by atoms with Crippen LogP contribution < -0.4 is 5.32 Å². The number of nitrogens with one attached hydrogen (secondary N) is 1. The second-order valence-corrected chi connectivity index (χ2v) is 5.56. The summed E-state index contributed by atoms with van der Waals surface area (Å²) in [5.41, 5.74) is 1.07. The van der Waals surface area contributed by atoms with E-state index in [-0.39, 0.29) is 11.9 Å². The van der Waals surface area contributed by atoms with Crippen molar-refractivity contribution in [2.75, 3.05) is 0 Å². The summed E-state index contributed by atoms with van der Waals surface area (Å²) in [6.07, 6.45) is 4.97. The van der Waals surface area contributed by atoms with E-state index < -0.39 is 4.92 Å². The Hall–Kier alpha value is -1.53. The molecule has 1 aromatic heterocycles. The molecule has 2 aliphatic rings. The molecular formula is C13H17N3O3. The highest BCUT2D eigenvalue weighted by Gasteiger charge is 2.35. The lowest BCUT2D eigenvalue weighted by atomic mass is 9.77. The largest absolute Gasteiger partial charge is 0.393 e. The SMILES string of the molecule is O=[N+]([O-])c1ccc(C2C[C@H]3CC(O)C[C@@H](C2)N3)cn1. The van der Waals surface area contributed by atoms with Crippen LogP contribution in [0, 0.1) is 10.1 Å². The van der Waals surface area contributed by atoms with E-state index >= 15 is 0 Å². The van der Waals surface area contributed by atoms with Gasteiger partial charge in [-0.2, -0.15) is 0 Å². The van der Waals surface area contributed by atoms with Gasteiger partial charge in [0.15, 0.2) is 0 Å². The molecule has 2 fully saturated rings. The molecule has 3 heterocycles. The van der Waals surface area contributed by atoms with Crippen molar-refractivity contribution >= 4 is 5.82 Å². The first-order valence-corrected chi connectivity index (χ1v) is 6.66. The van der Waals surface area contributed by atoms with Gasteiger partial charge in [0, 0.05) is 18.2 Å².